The second kappa shape index (κ2) is 42.2. The summed E-state index contributed by atoms with van der Waals surface area (Å²) >= 11 is 4.73. The highest BCUT2D eigenvalue weighted by Crippen LogP contribution is 2.70. The summed E-state index contributed by atoms with van der Waals surface area (Å²) in [5.74, 6) is -1.52. The van der Waals surface area contributed by atoms with Gasteiger partial charge in [0.25, 0.3) is 0 Å². The van der Waals surface area contributed by atoms with Crippen LogP contribution in [0.15, 0.2) is 0 Å². The molecule has 0 aliphatic carbocycles. The molecule has 0 saturated carbocycles. The second-order valence-electron chi connectivity index (χ2n) is 22.4. The standard InChI is InChI=1S/C49H105O23P7S6/c1-34(2)28-43(18)67-76(55,65-41(15)16)83-31-48(23)72-79(58,71-47(22)30-82-75(54,63-39(11)12)64-40(13)14)85-33-45(20)69-77(56,80-27-25-49(50)51)68-44(19)32-84-78(57,66-42(17)24-26-73(52,59-35(3)4)60-36(5)6)70-46(21)29-81-74(53,61-37(7)8)62-38(9)10/h34-48H,24-33H2,1-23H3,(H,50,51). The predicted molar refractivity (Wildman–Crippen MR) is 357 cm³/mol. The largest absolute Gasteiger partial charge is 0.481 e. The zero-order valence-electron chi connectivity index (χ0n) is 54.2. The number of rotatable bonds is 52. The van der Waals surface area contributed by atoms with Gasteiger partial charge < -0.3 is 14.2 Å². The molecule has 11 unspecified atom stereocenters. The Morgan fingerprint density at radius 1 is 0.318 bits per heavy atom. The minimum absolute atomic E-state index is 0.00651. The van der Waals surface area contributed by atoms with E-state index in [2.05, 4.69) is 0 Å². The molecule has 0 aromatic rings. The van der Waals surface area contributed by atoms with Crippen LogP contribution >= 0.6 is 117 Å². The Kier molecular flexibility index (Phi) is 43.5. The molecule has 1 N–H and O–H groups in total. The van der Waals surface area contributed by atoms with E-state index < -0.39 is 146 Å². The lowest BCUT2D eigenvalue weighted by Crippen LogP contribution is -2.19. The van der Waals surface area contributed by atoms with E-state index in [9.17, 15) is 41.9 Å². The molecule has 85 heavy (non-hydrogen) atoms. The summed E-state index contributed by atoms with van der Waals surface area (Å²) in [6.45, 7) is 15.4. The highest BCUT2D eigenvalue weighted by atomic mass is 32.7. The van der Waals surface area contributed by atoms with Crippen molar-refractivity contribution in [3.8, 4) is 0 Å². The molecule has 0 heterocycles. The highest BCUT2D eigenvalue weighted by Gasteiger charge is 2.41. The Morgan fingerprint density at radius 2 is 0.541 bits per heavy atom. The van der Waals surface area contributed by atoms with Crippen molar-refractivity contribution in [2.75, 3.05) is 40.7 Å². The van der Waals surface area contributed by atoms with E-state index in [1.807, 2.05) is 20.8 Å². The molecule has 0 fully saturated rings. The second-order valence-corrected chi connectivity index (χ2v) is 48.7. The van der Waals surface area contributed by atoms with Crippen LogP contribution in [0.25, 0.3) is 0 Å². The fourth-order valence-electron chi connectivity index (χ4n) is 6.60. The van der Waals surface area contributed by atoms with Crippen molar-refractivity contribution >= 4 is 123 Å². The maximum atomic E-state index is 15.0. The summed E-state index contributed by atoms with van der Waals surface area (Å²) in [5, 5.41) is 9.55. The first-order valence-corrected chi connectivity index (χ1v) is 49.1. The summed E-state index contributed by atoms with van der Waals surface area (Å²) in [6, 6.07) is 0. The first-order chi connectivity index (χ1) is 38.7. The molecule has 0 aliphatic rings. The number of aliphatic carboxylic acids is 1. The van der Waals surface area contributed by atoms with Gasteiger partial charge in [-0.05, 0) is 232 Å². The van der Waals surface area contributed by atoms with Gasteiger partial charge in [0.2, 0.25) is 0 Å². The average molecular weight is 1470 g/mol. The van der Waals surface area contributed by atoms with Gasteiger partial charge in [-0.2, -0.15) is 0 Å². The first-order valence-electron chi connectivity index (χ1n) is 28.6. The lowest BCUT2D eigenvalue weighted by atomic mass is 10.1. The lowest BCUT2D eigenvalue weighted by Gasteiger charge is -2.29. The normalized spacial score (nSPS) is 18.7. The monoisotopic (exact) mass is 1470 g/mol. The molecule has 11 atom stereocenters. The SMILES string of the molecule is CC(C)CC(C)OP(=O)(OC(C)C)SCC(C)OP(=O)(OC(C)CSP(=O)(OC(C)C)OC(C)C)SCC(C)OP(=O)(OC(C)CSP(=O)(OC(C)CCP(=O)(OC(C)C)OC(C)C)OC(C)CSP(=O)(OC(C)C)OC(C)C)SCCC(=O)O. The quantitative estimate of drug-likeness (QED) is 0.0554. The van der Waals surface area contributed by atoms with Gasteiger partial charge in [-0.1, -0.05) is 13.8 Å². The fraction of sp³-hybridized carbons (Fsp3) is 0.980. The van der Waals surface area contributed by atoms with Gasteiger partial charge in [-0.25, -0.2) is 27.4 Å². The molecule has 0 radical (unpaired) electrons. The summed E-state index contributed by atoms with van der Waals surface area (Å²) in [5.41, 5.74) is 0. The Bertz CT molecular complexity index is 2160. The molecule has 23 nitrogen and oxygen atoms in total. The minimum Gasteiger partial charge on any atom is -0.481 e. The van der Waals surface area contributed by atoms with Crippen molar-refractivity contribution < 1.29 is 105 Å². The Morgan fingerprint density at radius 3 is 0.788 bits per heavy atom. The van der Waals surface area contributed by atoms with Gasteiger partial charge in [-0.15, -0.1) is 0 Å². The number of carbonyl (C=O) groups is 1. The maximum absolute atomic E-state index is 15.0. The number of hydrogen-bond donors (Lipinski definition) is 1. The average Bonchev–Trinajstić information content (AvgIpc) is 3.33. The van der Waals surface area contributed by atoms with E-state index >= 15 is 0 Å². The molecule has 0 bridgehead atoms. The third-order valence-electron chi connectivity index (χ3n) is 9.12. The minimum atomic E-state index is -4.34. The van der Waals surface area contributed by atoms with Gasteiger partial charge in [0.15, 0.2) is 0 Å². The van der Waals surface area contributed by atoms with Crippen molar-refractivity contribution in [3.05, 3.63) is 0 Å². The van der Waals surface area contributed by atoms with Crippen LogP contribution in [0.3, 0.4) is 0 Å². The predicted octanol–water partition coefficient (Wildman–Crippen LogP) is 19.9. The third-order valence-corrected chi connectivity index (χ3v) is 36.1. The zero-order chi connectivity index (χ0) is 66.0. The Balaban J connectivity index is 6.99. The molecule has 0 spiro atoms. The number of carboxylic acids is 1. The van der Waals surface area contributed by atoms with Crippen LogP contribution in [0.1, 0.15) is 179 Å². The van der Waals surface area contributed by atoms with Crippen molar-refractivity contribution in [3.63, 3.8) is 0 Å². The van der Waals surface area contributed by atoms with E-state index in [0.29, 0.717) is 17.8 Å². The van der Waals surface area contributed by atoms with E-state index in [0.717, 1.165) is 56.9 Å². The van der Waals surface area contributed by atoms with Crippen LogP contribution in [0.2, 0.25) is 0 Å². The topological polar surface area (TPSA) is 286 Å². The lowest BCUT2D eigenvalue weighted by molar-refractivity contribution is -0.136. The van der Waals surface area contributed by atoms with Crippen LogP contribution in [-0.2, 0) is 100 Å². The fourth-order valence-corrected chi connectivity index (χ4v) is 34.1. The van der Waals surface area contributed by atoms with Gasteiger partial charge in [0, 0.05) is 34.5 Å². The number of carboxylic acid groups (broad SMARTS) is 1. The van der Waals surface area contributed by atoms with Crippen molar-refractivity contribution in [2.45, 2.75) is 264 Å². The van der Waals surface area contributed by atoms with Crippen LogP contribution in [0.5, 0.6) is 0 Å². The Hall–Kier alpha value is 2.62. The summed E-state index contributed by atoms with van der Waals surface area (Å²) in [6.07, 6.45) is -8.83. The maximum Gasteiger partial charge on any atom is 0.389 e. The van der Waals surface area contributed by atoms with Crippen LogP contribution < -0.4 is 0 Å². The molecule has 510 valence electrons. The Labute approximate surface area is 534 Å². The molecule has 0 rings (SSSR count). The first kappa shape index (κ1) is 87.6. The highest BCUT2D eigenvalue weighted by molar-refractivity contribution is 8.57. The molecule has 0 saturated heterocycles. The zero-order valence-corrected chi connectivity index (χ0v) is 65.4. The molecule has 0 amide bonds. The summed E-state index contributed by atoms with van der Waals surface area (Å²) < 4.78 is 183. The molecule has 0 aromatic carbocycles. The van der Waals surface area contributed by atoms with E-state index in [1.54, 1.807) is 125 Å². The van der Waals surface area contributed by atoms with Gasteiger partial charge >= 0.3 is 54.4 Å². The van der Waals surface area contributed by atoms with E-state index in [4.69, 9.17) is 63.3 Å². The van der Waals surface area contributed by atoms with Crippen LogP contribution in [0, 0.1) is 5.92 Å². The summed E-state index contributed by atoms with van der Waals surface area (Å²) in [4.78, 5) is 11.7. The van der Waals surface area contributed by atoms with Crippen molar-refractivity contribution in [1.82, 2.24) is 0 Å². The smallest absolute Gasteiger partial charge is 0.389 e. The van der Waals surface area contributed by atoms with Crippen LogP contribution in [-0.4, -0.2) is 137 Å². The van der Waals surface area contributed by atoms with Gasteiger partial charge in [-0.3, -0.25) is 63.6 Å². The van der Waals surface area contributed by atoms with Crippen LogP contribution in [0.4, 0.5) is 0 Å². The summed E-state index contributed by atoms with van der Waals surface area (Å²) in [7, 11) is -3.63. The molecule has 0 aliphatic heterocycles. The van der Waals surface area contributed by atoms with Gasteiger partial charge in [0.05, 0.1) is 98.0 Å². The van der Waals surface area contributed by atoms with Gasteiger partial charge in [0.1, 0.15) is 0 Å². The van der Waals surface area contributed by atoms with E-state index in [-0.39, 0.29) is 53.0 Å². The third kappa shape index (κ3) is 43.3. The molecule has 0 aromatic heterocycles. The van der Waals surface area contributed by atoms with E-state index in [1.165, 1.54) is 13.8 Å². The van der Waals surface area contributed by atoms with Crippen molar-refractivity contribution in [2.24, 2.45) is 5.92 Å². The van der Waals surface area contributed by atoms with Crippen molar-refractivity contribution in [1.29, 1.82) is 0 Å². The molecular formula is C49H105O23P7S6. The molecular weight excluding hydrogens is 1370 g/mol. The molecule has 36 heteroatoms. The number of hydrogen-bond acceptors (Lipinski definition) is 28.